The van der Waals surface area contributed by atoms with Crippen LogP contribution in [0.3, 0.4) is 0 Å². The number of carbonyl (C=O) groups excluding carboxylic acids is 1. The number of hydrogen-bond acceptors (Lipinski definition) is 1. The van der Waals surface area contributed by atoms with Gasteiger partial charge in [-0.1, -0.05) is 27.7 Å². The van der Waals surface area contributed by atoms with E-state index in [0.717, 1.165) is 17.0 Å². The number of ketones is 1. The molecule has 1 heterocycles. The van der Waals surface area contributed by atoms with Gasteiger partial charge in [0, 0.05) is 23.0 Å². The zero-order valence-electron chi connectivity index (χ0n) is 12.1. The van der Waals surface area contributed by atoms with Crippen LogP contribution in [0.5, 0.6) is 0 Å². The zero-order chi connectivity index (χ0) is 13.9. The molecule has 2 rings (SSSR count). The molecule has 0 spiro atoms. The van der Waals surface area contributed by atoms with E-state index in [-0.39, 0.29) is 22.5 Å². The summed E-state index contributed by atoms with van der Waals surface area (Å²) in [5.74, 6) is 0.0779. The third-order valence-corrected chi connectivity index (χ3v) is 5.35. The Bertz CT molecular complexity index is 497. The molecule has 1 fully saturated rings. The number of aryl methyl sites for hydroxylation is 1. The lowest BCUT2D eigenvalue weighted by Gasteiger charge is -2.12. The predicted octanol–water partition coefficient (Wildman–Crippen LogP) is 4.13. The minimum absolute atomic E-state index is 0.0206. The van der Waals surface area contributed by atoms with Crippen LogP contribution in [-0.2, 0) is 0 Å². The lowest BCUT2D eigenvalue weighted by molar-refractivity contribution is 0.102. The van der Waals surface area contributed by atoms with E-state index in [1.54, 1.807) is 0 Å². The third kappa shape index (κ3) is 1.58. The third-order valence-electron chi connectivity index (χ3n) is 5.11. The van der Waals surface area contributed by atoms with Crippen LogP contribution >= 0.6 is 11.6 Å². The van der Waals surface area contributed by atoms with Crippen molar-refractivity contribution in [2.45, 2.75) is 47.6 Å². The van der Waals surface area contributed by atoms with Gasteiger partial charge in [0.1, 0.15) is 0 Å². The summed E-state index contributed by atoms with van der Waals surface area (Å²) < 4.78 is 2.32. The summed E-state index contributed by atoms with van der Waals surface area (Å²) in [6.07, 6.45) is 0. The molecule has 1 aliphatic carbocycles. The van der Waals surface area contributed by atoms with E-state index in [0.29, 0.717) is 6.04 Å². The van der Waals surface area contributed by atoms with Gasteiger partial charge in [-0.15, -0.1) is 11.6 Å². The Morgan fingerprint density at radius 3 is 2.17 bits per heavy atom. The second-order valence-electron chi connectivity index (χ2n) is 6.56. The fraction of sp³-hybridized carbons (Fsp3) is 0.667. The maximum Gasteiger partial charge on any atom is 0.179 e. The maximum absolute atomic E-state index is 11.8. The second kappa shape index (κ2) is 3.86. The van der Waals surface area contributed by atoms with Crippen molar-refractivity contribution >= 4 is 17.4 Å². The van der Waals surface area contributed by atoms with Crippen LogP contribution in [-0.4, -0.2) is 16.2 Å². The molecule has 1 aromatic heterocycles. The van der Waals surface area contributed by atoms with Crippen LogP contribution in [0.4, 0.5) is 0 Å². The highest BCUT2D eigenvalue weighted by Crippen LogP contribution is 2.71. The molecule has 1 saturated carbocycles. The largest absolute Gasteiger partial charge is 0.344 e. The Kier molecular flexibility index (Phi) is 2.93. The highest BCUT2D eigenvalue weighted by atomic mass is 35.5. The summed E-state index contributed by atoms with van der Waals surface area (Å²) in [7, 11) is 0. The smallest absolute Gasteiger partial charge is 0.179 e. The van der Waals surface area contributed by atoms with E-state index in [1.807, 2.05) is 13.0 Å². The molecular formula is C15H22ClNO. The second-order valence-corrected chi connectivity index (χ2v) is 6.82. The van der Waals surface area contributed by atoms with E-state index in [9.17, 15) is 4.79 Å². The molecule has 3 heteroatoms. The highest BCUT2D eigenvalue weighted by Gasteiger charge is 2.66. The first-order valence-electron chi connectivity index (χ1n) is 6.44. The van der Waals surface area contributed by atoms with Gasteiger partial charge in [0.15, 0.2) is 5.78 Å². The van der Waals surface area contributed by atoms with Crippen molar-refractivity contribution in [1.29, 1.82) is 0 Å². The number of Topliss-reactive ketones (excluding diaryl/α,β-unsaturated/α-hetero) is 1. The fourth-order valence-corrected chi connectivity index (χ4v) is 3.48. The van der Waals surface area contributed by atoms with E-state index < -0.39 is 0 Å². The van der Waals surface area contributed by atoms with Crippen molar-refractivity contribution in [2.75, 3.05) is 5.88 Å². The standard InChI is InChI=1S/C15H22ClNO/c1-9-7-11(12(18)8-16)10(2)17(9)13-14(3,4)15(13,5)6/h7,13H,8H2,1-6H3. The lowest BCUT2D eigenvalue weighted by Crippen LogP contribution is -2.07. The summed E-state index contributed by atoms with van der Waals surface area (Å²) >= 11 is 5.67. The monoisotopic (exact) mass is 267 g/mol. The molecule has 0 aliphatic heterocycles. The van der Waals surface area contributed by atoms with Crippen molar-refractivity contribution in [3.63, 3.8) is 0 Å². The number of nitrogens with zero attached hydrogens (tertiary/aromatic N) is 1. The van der Waals surface area contributed by atoms with Gasteiger partial charge in [-0.25, -0.2) is 0 Å². The Morgan fingerprint density at radius 1 is 1.28 bits per heavy atom. The Labute approximate surface area is 114 Å². The normalized spacial score (nSPS) is 21.1. The van der Waals surface area contributed by atoms with Gasteiger partial charge in [0.25, 0.3) is 0 Å². The Balaban J connectivity index is 2.49. The average Bonchev–Trinajstić information content (AvgIpc) is 2.54. The van der Waals surface area contributed by atoms with E-state index in [1.165, 1.54) is 0 Å². The number of aromatic nitrogens is 1. The number of alkyl halides is 1. The van der Waals surface area contributed by atoms with Gasteiger partial charge < -0.3 is 4.57 Å². The van der Waals surface area contributed by atoms with Crippen molar-refractivity contribution in [3.05, 3.63) is 23.0 Å². The molecule has 100 valence electrons. The minimum atomic E-state index is 0.0206. The molecule has 0 N–H and O–H groups in total. The van der Waals surface area contributed by atoms with Crippen LogP contribution < -0.4 is 0 Å². The maximum atomic E-state index is 11.8. The van der Waals surface area contributed by atoms with Crippen LogP contribution in [0, 0.1) is 24.7 Å². The first-order valence-corrected chi connectivity index (χ1v) is 6.97. The number of hydrogen-bond donors (Lipinski definition) is 0. The van der Waals surface area contributed by atoms with Gasteiger partial charge in [0.05, 0.1) is 5.88 Å². The van der Waals surface area contributed by atoms with Gasteiger partial charge >= 0.3 is 0 Å². The highest BCUT2D eigenvalue weighted by molar-refractivity contribution is 6.30. The summed E-state index contributed by atoms with van der Waals surface area (Å²) in [6, 6.07) is 2.44. The number of rotatable bonds is 3. The molecule has 0 atom stereocenters. The summed E-state index contributed by atoms with van der Waals surface area (Å²) in [4.78, 5) is 11.8. The SMILES string of the molecule is Cc1cc(C(=O)CCl)c(C)n1C1C(C)(C)C1(C)C. The van der Waals surface area contributed by atoms with Crippen molar-refractivity contribution in [1.82, 2.24) is 4.57 Å². The summed E-state index contributed by atoms with van der Waals surface area (Å²) in [6.45, 7) is 13.3. The van der Waals surface area contributed by atoms with Crippen molar-refractivity contribution < 1.29 is 4.79 Å². The van der Waals surface area contributed by atoms with Crippen molar-refractivity contribution in [2.24, 2.45) is 10.8 Å². The lowest BCUT2D eigenvalue weighted by atomic mass is 10.0. The van der Waals surface area contributed by atoms with E-state index in [2.05, 4.69) is 39.2 Å². The molecule has 0 amide bonds. The summed E-state index contributed by atoms with van der Waals surface area (Å²) in [5, 5.41) is 0. The zero-order valence-corrected chi connectivity index (χ0v) is 12.9. The van der Waals surface area contributed by atoms with Crippen LogP contribution in [0.2, 0.25) is 0 Å². The predicted molar refractivity (Wildman–Crippen MR) is 75.6 cm³/mol. The Morgan fingerprint density at radius 2 is 1.78 bits per heavy atom. The van der Waals surface area contributed by atoms with Gasteiger partial charge in [-0.3, -0.25) is 4.79 Å². The van der Waals surface area contributed by atoms with E-state index in [4.69, 9.17) is 11.6 Å². The average molecular weight is 268 g/mol. The van der Waals surface area contributed by atoms with Crippen molar-refractivity contribution in [3.8, 4) is 0 Å². The van der Waals surface area contributed by atoms with Gasteiger partial charge in [-0.05, 0) is 30.7 Å². The first kappa shape index (κ1) is 13.7. The fourth-order valence-electron chi connectivity index (χ4n) is 3.34. The molecule has 0 saturated heterocycles. The molecule has 0 aromatic carbocycles. The molecular weight excluding hydrogens is 246 g/mol. The van der Waals surface area contributed by atoms with Crippen LogP contribution in [0.25, 0.3) is 0 Å². The molecule has 2 nitrogen and oxygen atoms in total. The minimum Gasteiger partial charge on any atom is -0.344 e. The topological polar surface area (TPSA) is 22.0 Å². The van der Waals surface area contributed by atoms with Crippen LogP contribution in [0.15, 0.2) is 6.07 Å². The number of halogens is 1. The molecule has 1 aromatic rings. The number of carbonyl (C=O) groups is 1. The summed E-state index contributed by atoms with van der Waals surface area (Å²) in [5.41, 5.74) is 3.53. The van der Waals surface area contributed by atoms with E-state index >= 15 is 0 Å². The first-order chi connectivity index (χ1) is 8.16. The quantitative estimate of drug-likeness (QED) is 0.596. The van der Waals surface area contributed by atoms with Gasteiger partial charge in [0.2, 0.25) is 0 Å². The molecule has 18 heavy (non-hydrogen) atoms. The van der Waals surface area contributed by atoms with Gasteiger partial charge in [-0.2, -0.15) is 0 Å². The molecule has 0 unspecified atom stereocenters. The molecule has 1 aliphatic rings. The molecule has 0 radical (unpaired) electrons. The molecule has 0 bridgehead atoms. The van der Waals surface area contributed by atoms with Crippen LogP contribution in [0.1, 0.15) is 55.5 Å². The Hall–Kier alpha value is -0.760.